The van der Waals surface area contributed by atoms with Gasteiger partial charge in [0.2, 0.25) is 0 Å². The second kappa shape index (κ2) is 4.84. The molecule has 0 aliphatic rings. The van der Waals surface area contributed by atoms with Gasteiger partial charge < -0.3 is 5.73 Å². The molecule has 0 atom stereocenters. The summed E-state index contributed by atoms with van der Waals surface area (Å²) in [5.41, 5.74) is 4.18. The van der Waals surface area contributed by atoms with E-state index < -0.39 is 19.3 Å². The number of halogens is 2. The molecular weight excluding hydrogens is 261 g/mol. The largest absolute Gasteiger partial charge is 0.321 e. The lowest BCUT2D eigenvalue weighted by Gasteiger charge is -2.36. The molecule has 0 heterocycles. The van der Waals surface area contributed by atoms with Crippen LogP contribution in [0.25, 0.3) is 0 Å². The van der Waals surface area contributed by atoms with Crippen molar-refractivity contribution in [2.45, 2.75) is 22.0 Å². The Hall–Kier alpha value is -0.0700. The van der Waals surface area contributed by atoms with Crippen molar-refractivity contribution < 1.29 is 13.0 Å². The standard InChI is InChI=1S/C8H13Cl2NO3S/c1-3-5-7(11,6-4-2)8(9,10)15(12,13)14/h3-4H,1-2,5-6,11H2,(H,12,13,14). The maximum absolute atomic E-state index is 11.0. The Morgan fingerprint density at radius 3 is 1.80 bits per heavy atom. The molecule has 88 valence electrons. The minimum Gasteiger partial charge on any atom is -0.321 e. The summed E-state index contributed by atoms with van der Waals surface area (Å²) < 4.78 is 28.4. The van der Waals surface area contributed by atoms with Crippen molar-refractivity contribution >= 4 is 33.3 Å². The van der Waals surface area contributed by atoms with Crippen LogP contribution < -0.4 is 5.73 Å². The molecule has 0 saturated carbocycles. The van der Waals surface area contributed by atoms with Crippen molar-refractivity contribution in [1.82, 2.24) is 0 Å². The molecule has 3 N–H and O–H groups in total. The molecule has 0 radical (unpaired) electrons. The minimum atomic E-state index is -4.69. The Kier molecular flexibility index (Phi) is 4.82. The fourth-order valence-corrected chi connectivity index (χ4v) is 2.08. The Labute approximate surface area is 99.5 Å². The van der Waals surface area contributed by atoms with Gasteiger partial charge >= 0.3 is 10.1 Å². The SMILES string of the molecule is C=CCC(N)(CC=C)C(Cl)(Cl)S(=O)(=O)O. The van der Waals surface area contributed by atoms with E-state index in [1.165, 1.54) is 12.2 Å². The van der Waals surface area contributed by atoms with E-state index in [9.17, 15) is 8.42 Å². The quantitative estimate of drug-likeness (QED) is 0.440. The van der Waals surface area contributed by atoms with E-state index in [0.29, 0.717) is 0 Å². The van der Waals surface area contributed by atoms with Crippen molar-refractivity contribution in [1.29, 1.82) is 0 Å². The average molecular weight is 274 g/mol. The number of alkyl halides is 2. The summed E-state index contributed by atoms with van der Waals surface area (Å²) in [7, 11) is -4.69. The van der Waals surface area contributed by atoms with Crippen LogP contribution in [0.2, 0.25) is 0 Å². The number of hydrogen-bond acceptors (Lipinski definition) is 3. The van der Waals surface area contributed by atoms with Crippen molar-refractivity contribution in [2.24, 2.45) is 5.73 Å². The summed E-state index contributed by atoms with van der Waals surface area (Å²) in [4.78, 5) is 0. The first-order chi connectivity index (χ1) is 6.62. The second-order valence-corrected chi connectivity index (χ2v) is 6.47. The van der Waals surface area contributed by atoms with Crippen LogP contribution >= 0.6 is 23.2 Å². The highest BCUT2D eigenvalue weighted by molar-refractivity contribution is 7.90. The van der Waals surface area contributed by atoms with Crippen molar-refractivity contribution in [2.75, 3.05) is 0 Å². The van der Waals surface area contributed by atoms with Gasteiger partial charge in [-0.3, -0.25) is 4.55 Å². The van der Waals surface area contributed by atoms with Crippen LogP contribution in [0, 0.1) is 0 Å². The highest BCUT2D eigenvalue weighted by Crippen LogP contribution is 2.41. The molecule has 4 nitrogen and oxygen atoms in total. The number of rotatable bonds is 6. The first-order valence-corrected chi connectivity index (χ1v) is 6.17. The summed E-state index contributed by atoms with van der Waals surface area (Å²) >= 11 is 11.2. The Morgan fingerprint density at radius 1 is 1.27 bits per heavy atom. The Bertz CT molecular complexity index is 341. The minimum absolute atomic E-state index is 0.0197. The molecule has 0 rings (SSSR count). The van der Waals surface area contributed by atoms with Crippen LogP contribution in [0.3, 0.4) is 0 Å². The molecule has 0 aliphatic heterocycles. The lowest BCUT2D eigenvalue weighted by Crippen LogP contribution is -2.57. The zero-order valence-corrected chi connectivity index (χ0v) is 10.3. The highest BCUT2D eigenvalue weighted by Gasteiger charge is 2.54. The second-order valence-electron chi connectivity index (χ2n) is 3.13. The summed E-state index contributed by atoms with van der Waals surface area (Å²) in [5.74, 6) is 0. The van der Waals surface area contributed by atoms with Gasteiger partial charge in [-0.2, -0.15) is 8.42 Å². The molecule has 0 bridgehead atoms. The molecule has 0 saturated heterocycles. The molecule has 0 aromatic carbocycles. The summed E-state index contributed by atoms with van der Waals surface area (Å²) in [6.07, 6.45) is 2.78. The van der Waals surface area contributed by atoms with Gasteiger partial charge in [0.25, 0.3) is 3.67 Å². The van der Waals surface area contributed by atoms with Gasteiger partial charge in [-0.1, -0.05) is 35.4 Å². The van der Waals surface area contributed by atoms with Crippen LogP contribution in [0.1, 0.15) is 12.8 Å². The van der Waals surface area contributed by atoms with E-state index in [-0.39, 0.29) is 12.8 Å². The van der Waals surface area contributed by atoms with Crippen LogP contribution in [-0.2, 0) is 10.1 Å². The molecule has 0 aromatic rings. The smallest absolute Gasteiger partial charge is 0.301 e. The average Bonchev–Trinajstić information content (AvgIpc) is 2.02. The molecule has 7 heteroatoms. The van der Waals surface area contributed by atoms with E-state index in [1.54, 1.807) is 0 Å². The van der Waals surface area contributed by atoms with Gasteiger partial charge in [0, 0.05) is 0 Å². The van der Waals surface area contributed by atoms with Crippen LogP contribution in [0.15, 0.2) is 25.3 Å². The third-order valence-electron chi connectivity index (χ3n) is 1.92. The van der Waals surface area contributed by atoms with Gasteiger partial charge in [0.05, 0.1) is 5.54 Å². The Morgan fingerprint density at radius 2 is 1.60 bits per heavy atom. The molecule has 0 unspecified atom stereocenters. The summed E-state index contributed by atoms with van der Waals surface area (Å²) in [6, 6.07) is 0. The van der Waals surface area contributed by atoms with E-state index in [0.717, 1.165) is 0 Å². The lowest BCUT2D eigenvalue weighted by atomic mass is 9.94. The van der Waals surface area contributed by atoms with Crippen molar-refractivity contribution in [3.63, 3.8) is 0 Å². The predicted molar refractivity (Wildman–Crippen MR) is 62.5 cm³/mol. The number of nitrogens with two attached hydrogens (primary N) is 1. The molecule has 0 amide bonds. The molecule has 0 fully saturated rings. The normalized spacial score (nSPS) is 13.6. The van der Waals surface area contributed by atoms with Gasteiger partial charge in [0.1, 0.15) is 0 Å². The summed E-state index contributed by atoms with van der Waals surface area (Å²) in [6.45, 7) is 6.83. The molecule has 0 spiro atoms. The number of hydrogen-bond donors (Lipinski definition) is 2. The van der Waals surface area contributed by atoms with Crippen LogP contribution in [0.5, 0.6) is 0 Å². The fourth-order valence-electron chi connectivity index (χ4n) is 1.09. The monoisotopic (exact) mass is 273 g/mol. The predicted octanol–water partition coefficient (Wildman–Crippen LogP) is 1.86. The first kappa shape index (κ1) is 14.9. The van der Waals surface area contributed by atoms with Gasteiger partial charge in [0.15, 0.2) is 0 Å². The van der Waals surface area contributed by atoms with Crippen molar-refractivity contribution in [3.05, 3.63) is 25.3 Å². The highest BCUT2D eigenvalue weighted by atomic mass is 35.5. The van der Waals surface area contributed by atoms with E-state index in [1.807, 2.05) is 0 Å². The molecular formula is C8H13Cl2NO3S. The summed E-state index contributed by atoms with van der Waals surface area (Å²) in [5, 5.41) is 0. The maximum atomic E-state index is 11.0. The van der Waals surface area contributed by atoms with E-state index >= 15 is 0 Å². The van der Waals surface area contributed by atoms with Crippen molar-refractivity contribution in [3.8, 4) is 0 Å². The fraction of sp³-hybridized carbons (Fsp3) is 0.500. The Balaban J connectivity index is 5.42. The molecule has 0 aromatic heterocycles. The molecule has 15 heavy (non-hydrogen) atoms. The zero-order chi connectivity index (χ0) is 12.3. The third kappa shape index (κ3) is 2.95. The van der Waals surface area contributed by atoms with Gasteiger partial charge in [-0.25, -0.2) is 0 Å². The zero-order valence-electron chi connectivity index (χ0n) is 7.99. The van der Waals surface area contributed by atoms with Crippen LogP contribution in [0.4, 0.5) is 0 Å². The maximum Gasteiger partial charge on any atom is 0.301 e. The van der Waals surface area contributed by atoms with E-state index in [4.69, 9.17) is 33.5 Å². The topological polar surface area (TPSA) is 80.4 Å². The third-order valence-corrected chi connectivity index (χ3v) is 4.90. The first-order valence-electron chi connectivity index (χ1n) is 3.98. The lowest BCUT2D eigenvalue weighted by molar-refractivity contribution is 0.395. The van der Waals surface area contributed by atoms with Gasteiger partial charge in [-0.15, -0.1) is 13.2 Å². The van der Waals surface area contributed by atoms with Crippen LogP contribution in [-0.4, -0.2) is 22.2 Å². The van der Waals surface area contributed by atoms with Gasteiger partial charge in [-0.05, 0) is 12.8 Å². The molecule has 0 aliphatic carbocycles. The van der Waals surface area contributed by atoms with E-state index in [2.05, 4.69) is 13.2 Å².